The highest BCUT2D eigenvalue weighted by Gasteiger charge is 2.34. The molecular formula is C13H12F3N5S. The van der Waals surface area contributed by atoms with Gasteiger partial charge < -0.3 is 5.32 Å². The summed E-state index contributed by atoms with van der Waals surface area (Å²) in [4.78, 5) is 8.63. The monoisotopic (exact) mass is 327 g/mol. The number of fused-ring (bicyclic) bond motifs is 1. The van der Waals surface area contributed by atoms with Crippen LogP contribution in [0.1, 0.15) is 29.2 Å². The quantitative estimate of drug-likeness (QED) is 0.765. The Morgan fingerprint density at radius 2 is 2.14 bits per heavy atom. The van der Waals surface area contributed by atoms with E-state index >= 15 is 0 Å². The van der Waals surface area contributed by atoms with Crippen LogP contribution >= 0.6 is 11.3 Å². The van der Waals surface area contributed by atoms with Gasteiger partial charge in [0.2, 0.25) is 0 Å². The summed E-state index contributed by atoms with van der Waals surface area (Å²) < 4.78 is 38.9. The second kappa shape index (κ2) is 5.24. The number of H-pyrrole nitrogens is 1. The molecule has 0 spiro atoms. The third-order valence-corrected chi connectivity index (χ3v) is 4.20. The van der Waals surface area contributed by atoms with E-state index in [9.17, 15) is 13.2 Å². The minimum atomic E-state index is -4.52. The Hall–Kier alpha value is -2.16. The van der Waals surface area contributed by atoms with Crippen molar-refractivity contribution < 1.29 is 13.2 Å². The number of anilines is 1. The van der Waals surface area contributed by atoms with E-state index < -0.39 is 11.9 Å². The van der Waals surface area contributed by atoms with Gasteiger partial charge in [0.15, 0.2) is 0 Å². The van der Waals surface area contributed by atoms with Crippen LogP contribution in [-0.2, 0) is 6.18 Å². The molecule has 0 aliphatic heterocycles. The maximum Gasteiger partial charge on any atom is 0.433 e. The molecule has 0 unspecified atom stereocenters. The number of aromatic nitrogens is 4. The van der Waals surface area contributed by atoms with Crippen molar-refractivity contribution >= 4 is 28.1 Å². The standard InChI is InChI=1S/C13H12F3N5S/c1-6(9-4-17-5-22-9)18-12-11-7(2)20-21-8(11)3-10(19-12)13(14,15)16/h3-6H,1-2H3,(H,18,19)(H,20,21)/t6-/m0/s1. The van der Waals surface area contributed by atoms with E-state index in [-0.39, 0.29) is 17.4 Å². The molecule has 0 radical (unpaired) electrons. The molecule has 0 aromatic carbocycles. The first-order valence-electron chi connectivity index (χ1n) is 6.44. The zero-order valence-electron chi connectivity index (χ0n) is 11.7. The van der Waals surface area contributed by atoms with Crippen molar-refractivity contribution in [3.8, 4) is 0 Å². The van der Waals surface area contributed by atoms with E-state index in [1.165, 1.54) is 11.3 Å². The molecule has 22 heavy (non-hydrogen) atoms. The molecule has 9 heteroatoms. The molecule has 0 saturated heterocycles. The highest BCUT2D eigenvalue weighted by Crippen LogP contribution is 2.34. The second-order valence-corrected chi connectivity index (χ2v) is 5.78. The summed E-state index contributed by atoms with van der Waals surface area (Å²) in [5.74, 6) is 0.164. The van der Waals surface area contributed by atoms with Gasteiger partial charge in [-0.25, -0.2) is 4.98 Å². The van der Waals surface area contributed by atoms with Gasteiger partial charge in [-0.15, -0.1) is 11.3 Å². The summed E-state index contributed by atoms with van der Waals surface area (Å²) in [6, 6.07) is 0.738. The van der Waals surface area contributed by atoms with Crippen LogP contribution in [0.15, 0.2) is 17.8 Å². The average Bonchev–Trinajstić information content (AvgIpc) is 3.07. The number of nitrogens with one attached hydrogen (secondary N) is 2. The van der Waals surface area contributed by atoms with Crippen LogP contribution in [0, 0.1) is 6.92 Å². The van der Waals surface area contributed by atoms with E-state index in [0.29, 0.717) is 11.1 Å². The fraction of sp³-hybridized carbons (Fsp3) is 0.308. The molecule has 0 fully saturated rings. The maximum absolute atomic E-state index is 13.0. The fourth-order valence-corrected chi connectivity index (χ4v) is 2.78. The third kappa shape index (κ3) is 2.63. The largest absolute Gasteiger partial charge is 0.433 e. The van der Waals surface area contributed by atoms with Gasteiger partial charge in [0.05, 0.1) is 22.5 Å². The number of thiazole rings is 1. The van der Waals surface area contributed by atoms with Gasteiger partial charge in [0, 0.05) is 16.8 Å². The lowest BCUT2D eigenvalue weighted by atomic mass is 10.2. The number of hydrogen-bond acceptors (Lipinski definition) is 5. The molecule has 3 heterocycles. The van der Waals surface area contributed by atoms with E-state index in [1.807, 2.05) is 6.92 Å². The molecule has 1 atom stereocenters. The number of alkyl halides is 3. The first-order chi connectivity index (χ1) is 10.4. The van der Waals surface area contributed by atoms with E-state index in [2.05, 4.69) is 25.5 Å². The van der Waals surface area contributed by atoms with Gasteiger partial charge >= 0.3 is 6.18 Å². The van der Waals surface area contributed by atoms with Crippen molar-refractivity contribution in [3.63, 3.8) is 0 Å². The molecule has 0 amide bonds. The van der Waals surface area contributed by atoms with Gasteiger partial charge in [0.25, 0.3) is 0 Å². The molecule has 0 saturated carbocycles. The predicted molar refractivity (Wildman–Crippen MR) is 77.8 cm³/mol. The summed E-state index contributed by atoms with van der Waals surface area (Å²) >= 11 is 1.42. The zero-order valence-corrected chi connectivity index (χ0v) is 12.5. The number of halogens is 3. The van der Waals surface area contributed by atoms with Crippen LogP contribution < -0.4 is 5.32 Å². The van der Waals surface area contributed by atoms with Gasteiger partial charge in [-0.2, -0.15) is 18.3 Å². The second-order valence-electron chi connectivity index (χ2n) is 4.87. The lowest BCUT2D eigenvalue weighted by Gasteiger charge is -2.15. The van der Waals surface area contributed by atoms with Crippen molar-refractivity contribution in [1.82, 2.24) is 20.2 Å². The molecule has 3 aromatic heterocycles. The van der Waals surface area contributed by atoms with E-state index in [4.69, 9.17) is 0 Å². The van der Waals surface area contributed by atoms with Crippen LogP contribution in [0.3, 0.4) is 0 Å². The van der Waals surface area contributed by atoms with Gasteiger partial charge in [-0.1, -0.05) is 0 Å². The van der Waals surface area contributed by atoms with Crippen molar-refractivity contribution in [1.29, 1.82) is 0 Å². The molecule has 3 rings (SSSR count). The van der Waals surface area contributed by atoms with Crippen LogP contribution in [0.5, 0.6) is 0 Å². The van der Waals surface area contributed by atoms with E-state index in [1.54, 1.807) is 18.6 Å². The minimum absolute atomic E-state index is 0.164. The Labute approximate surface area is 127 Å². The number of pyridine rings is 1. The number of aromatic amines is 1. The minimum Gasteiger partial charge on any atom is -0.362 e. The van der Waals surface area contributed by atoms with Crippen molar-refractivity contribution in [2.45, 2.75) is 26.1 Å². The Kier molecular flexibility index (Phi) is 3.51. The molecule has 0 bridgehead atoms. The molecule has 5 nitrogen and oxygen atoms in total. The zero-order chi connectivity index (χ0) is 15.9. The normalized spacial score (nSPS) is 13.5. The summed E-state index contributed by atoms with van der Waals surface area (Å²) in [6.07, 6.45) is -2.85. The Bertz CT molecular complexity index is 794. The molecule has 3 aromatic rings. The van der Waals surface area contributed by atoms with Crippen molar-refractivity contribution in [3.05, 3.63) is 34.0 Å². The third-order valence-electron chi connectivity index (χ3n) is 3.24. The lowest BCUT2D eigenvalue weighted by molar-refractivity contribution is -0.141. The van der Waals surface area contributed by atoms with Gasteiger partial charge in [-0.3, -0.25) is 10.1 Å². The predicted octanol–water partition coefficient (Wildman–Crippen LogP) is 3.91. The van der Waals surface area contributed by atoms with Gasteiger partial charge in [-0.05, 0) is 19.9 Å². The Morgan fingerprint density at radius 1 is 1.36 bits per heavy atom. The number of hydrogen-bond donors (Lipinski definition) is 2. The van der Waals surface area contributed by atoms with Crippen molar-refractivity contribution in [2.24, 2.45) is 0 Å². The molecular weight excluding hydrogens is 315 g/mol. The lowest BCUT2D eigenvalue weighted by Crippen LogP contribution is -2.12. The Morgan fingerprint density at radius 3 is 2.77 bits per heavy atom. The van der Waals surface area contributed by atoms with Crippen LogP contribution in [-0.4, -0.2) is 20.2 Å². The SMILES string of the molecule is Cc1[nH]nc2cc(C(F)(F)F)nc(N[C@@H](C)c3cncs3)c12. The first kappa shape index (κ1) is 14.8. The molecule has 0 aliphatic carbocycles. The van der Waals surface area contributed by atoms with Crippen LogP contribution in [0.4, 0.5) is 19.0 Å². The summed E-state index contributed by atoms with van der Waals surface area (Å²) in [6.45, 7) is 3.59. The number of rotatable bonds is 3. The van der Waals surface area contributed by atoms with Crippen molar-refractivity contribution in [2.75, 3.05) is 5.32 Å². The van der Waals surface area contributed by atoms with Crippen LogP contribution in [0.25, 0.3) is 10.9 Å². The average molecular weight is 327 g/mol. The molecule has 2 N–H and O–H groups in total. The summed E-state index contributed by atoms with van der Waals surface area (Å²) in [7, 11) is 0. The maximum atomic E-state index is 13.0. The topological polar surface area (TPSA) is 66.5 Å². The number of aryl methyl sites for hydroxylation is 1. The highest BCUT2D eigenvalue weighted by atomic mass is 32.1. The highest BCUT2D eigenvalue weighted by molar-refractivity contribution is 7.09. The summed E-state index contributed by atoms with van der Waals surface area (Å²) in [5, 5.41) is 10.2. The van der Waals surface area contributed by atoms with E-state index in [0.717, 1.165) is 10.9 Å². The summed E-state index contributed by atoms with van der Waals surface area (Å²) in [5.41, 5.74) is 1.60. The van der Waals surface area contributed by atoms with Crippen LogP contribution in [0.2, 0.25) is 0 Å². The number of nitrogens with zero attached hydrogens (tertiary/aromatic N) is 3. The molecule has 116 valence electrons. The smallest absolute Gasteiger partial charge is 0.362 e. The fourth-order valence-electron chi connectivity index (χ4n) is 2.15. The first-order valence-corrected chi connectivity index (χ1v) is 7.32. The molecule has 0 aliphatic rings. The Balaban J connectivity index is 2.08. The van der Waals surface area contributed by atoms with Gasteiger partial charge in [0.1, 0.15) is 11.5 Å².